The Labute approximate surface area is 248 Å². The molecule has 214 valence electrons. The summed E-state index contributed by atoms with van der Waals surface area (Å²) < 4.78 is 44.2. The lowest BCUT2D eigenvalue weighted by Crippen LogP contribution is -2.33. The highest BCUT2D eigenvalue weighted by Crippen LogP contribution is 2.31. The minimum atomic E-state index is -0.878. The first-order valence-corrected chi connectivity index (χ1v) is 13.4. The molecule has 0 saturated carbocycles. The Kier molecular flexibility index (Phi) is 8.46. The van der Waals surface area contributed by atoms with Crippen LogP contribution >= 0.6 is 23.2 Å². The van der Waals surface area contributed by atoms with E-state index >= 15 is 0 Å². The Morgan fingerprint density at radius 3 is 2.43 bits per heavy atom. The van der Waals surface area contributed by atoms with Crippen molar-refractivity contribution in [3.05, 3.63) is 118 Å². The molecule has 0 radical (unpaired) electrons. The second kappa shape index (κ2) is 12.2. The standard InChI is InChI=1S/C30H22Cl2F3N5O2/c1-36-30(42)21-10-17(4-5-24(21)35)20-3-2-6-37-29(20)26(9-16-7-18(33)11-19(34)8-16)39-28(41)14-40-15-38-25-12-22(31)23(32)13-27(25)40/h2-8,10-13,15,26H,9,14H2,1H3,(H,36,42)(H,39,41)/t26-/m0/s1. The quantitative estimate of drug-likeness (QED) is 0.216. The van der Waals surface area contributed by atoms with Gasteiger partial charge in [0.05, 0.1) is 44.7 Å². The number of pyridine rings is 1. The van der Waals surface area contributed by atoms with Crippen LogP contribution in [0, 0.1) is 17.5 Å². The largest absolute Gasteiger partial charge is 0.355 e. The number of hydrogen-bond acceptors (Lipinski definition) is 4. The number of hydrogen-bond donors (Lipinski definition) is 2. The maximum Gasteiger partial charge on any atom is 0.254 e. The van der Waals surface area contributed by atoms with Crippen molar-refractivity contribution in [3.8, 4) is 11.1 Å². The third-order valence-corrected chi connectivity index (χ3v) is 7.31. The molecule has 0 aliphatic carbocycles. The van der Waals surface area contributed by atoms with Crippen LogP contribution in [0.15, 0.2) is 73.2 Å². The van der Waals surface area contributed by atoms with Crippen LogP contribution in [-0.2, 0) is 17.8 Å². The van der Waals surface area contributed by atoms with E-state index in [-0.39, 0.29) is 24.1 Å². The Hall–Kier alpha value is -4.41. The SMILES string of the molecule is CNC(=O)c1cc(-c2cccnc2[C@H](Cc2cc(F)cc(F)c2)NC(=O)Cn2cnc3cc(Cl)c(Cl)cc32)ccc1F. The molecule has 1 atom stereocenters. The highest BCUT2D eigenvalue weighted by molar-refractivity contribution is 6.42. The van der Waals surface area contributed by atoms with Crippen LogP contribution < -0.4 is 10.6 Å². The first-order chi connectivity index (χ1) is 20.1. The van der Waals surface area contributed by atoms with E-state index in [1.54, 1.807) is 28.8 Å². The second-order valence-corrected chi connectivity index (χ2v) is 10.3. The van der Waals surface area contributed by atoms with Crippen LogP contribution in [0.25, 0.3) is 22.2 Å². The second-order valence-electron chi connectivity index (χ2n) is 9.44. The minimum Gasteiger partial charge on any atom is -0.355 e. The maximum absolute atomic E-state index is 14.4. The van der Waals surface area contributed by atoms with Gasteiger partial charge in [0.2, 0.25) is 5.91 Å². The summed E-state index contributed by atoms with van der Waals surface area (Å²) in [5.41, 5.74) is 2.50. The monoisotopic (exact) mass is 611 g/mol. The molecule has 42 heavy (non-hydrogen) atoms. The van der Waals surface area contributed by atoms with Crippen molar-refractivity contribution in [2.24, 2.45) is 0 Å². The fourth-order valence-electron chi connectivity index (χ4n) is 4.70. The van der Waals surface area contributed by atoms with Crippen LogP contribution in [0.4, 0.5) is 13.2 Å². The topological polar surface area (TPSA) is 88.9 Å². The van der Waals surface area contributed by atoms with E-state index in [2.05, 4.69) is 20.6 Å². The van der Waals surface area contributed by atoms with E-state index in [9.17, 15) is 22.8 Å². The van der Waals surface area contributed by atoms with Crippen molar-refractivity contribution in [2.75, 3.05) is 7.05 Å². The zero-order valence-electron chi connectivity index (χ0n) is 22.0. The molecule has 0 aliphatic heterocycles. The van der Waals surface area contributed by atoms with Crippen molar-refractivity contribution in [1.29, 1.82) is 0 Å². The minimum absolute atomic E-state index is 0.0277. The molecule has 3 aromatic carbocycles. The van der Waals surface area contributed by atoms with Crippen molar-refractivity contribution in [2.45, 2.75) is 19.0 Å². The van der Waals surface area contributed by atoms with Gasteiger partial charge in [-0.25, -0.2) is 18.2 Å². The van der Waals surface area contributed by atoms with Crippen LogP contribution in [0.3, 0.4) is 0 Å². The Bertz CT molecular complexity index is 1810. The van der Waals surface area contributed by atoms with Gasteiger partial charge in [0.25, 0.3) is 5.91 Å². The van der Waals surface area contributed by atoms with Crippen LogP contribution in [0.2, 0.25) is 10.0 Å². The van der Waals surface area contributed by atoms with Crippen molar-refractivity contribution in [3.63, 3.8) is 0 Å². The predicted molar refractivity (Wildman–Crippen MR) is 154 cm³/mol. The molecule has 5 rings (SSSR count). The van der Waals surface area contributed by atoms with E-state index in [4.69, 9.17) is 23.2 Å². The lowest BCUT2D eigenvalue weighted by molar-refractivity contribution is -0.122. The van der Waals surface area contributed by atoms with Crippen LogP contribution in [0.5, 0.6) is 0 Å². The molecule has 12 heteroatoms. The van der Waals surface area contributed by atoms with E-state index in [1.807, 2.05) is 0 Å². The summed E-state index contributed by atoms with van der Waals surface area (Å²) in [5, 5.41) is 5.93. The van der Waals surface area contributed by atoms with Crippen LogP contribution in [0.1, 0.15) is 27.7 Å². The number of carbonyl (C=O) groups excluding carboxylic acids is 2. The number of halogens is 5. The summed E-state index contributed by atoms with van der Waals surface area (Å²) >= 11 is 12.3. The molecule has 2 heterocycles. The molecular formula is C30H22Cl2F3N5O2. The molecule has 2 amide bonds. The number of fused-ring (bicyclic) bond motifs is 1. The predicted octanol–water partition coefficient (Wildman–Crippen LogP) is 6.28. The zero-order chi connectivity index (χ0) is 30.0. The Morgan fingerprint density at radius 1 is 0.952 bits per heavy atom. The number of benzene rings is 3. The number of amides is 2. The Morgan fingerprint density at radius 2 is 1.69 bits per heavy atom. The molecule has 5 aromatic rings. The molecular weight excluding hydrogens is 590 g/mol. The molecule has 0 fully saturated rings. The average Bonchev–Trinajstić information content (AvgIpc) is 3.32. The number of imidazole rings is 1. The number of nitrogens with one attached hydrogen (secondary N) is 2. The summed E-state index contributed by atoms with van der Waals surface area (Å²) in [6, 6.07) is 12.8. The van der Waals surface area contributed by atoms with E-state index < -0.39 is 35.3 Å². The van der Waals surface area contributed by atoms with Crippen LogP contribution in [-0.4, -0.2) is 33.4 Å². The van der Waals surface area contributed by atoms with Crippen molar-refractivity contribution in [1.82, 2.24) is 25.2 Å². The third kappa shape index (κ3) is 6.24. The van der Waals surface area contributed by atoms with E-state index in [1.165, 1.54) is 43.8 Å². The fraction of sp³-hybridized carbons (Fsp3) is 0.133. The maximum atomic E-state index is 14.4. The van der Waals surface area contributed by atoms with Gasteiger partial charge in [-0.05, 0) is 60.0 Å². The molecule has 0 unspecified atom stereocenters. The van der Waals surface area contributed by atoms with Gasteiger partial charge in [-0.2, -0.15) is 0 Å². The third-order valence-electron chi connectivity index (χ3n) is 6.59. The number of aromatic nitrogens is 3. The summed E-state index contributed by atoms with van der Waals surface area (Å²) in [5.74, 6) is -3.33. The van der Waals surface area contributed by atoms with Gasteiger partial charge in [0.1, 0.15) is 24.0 Å². The first kappa shape index (κ1) is 29.1. The summed E-state index contributed by atoms with van der Waals surface area (Å²) in [6.07, 6.45) is 2.95. The van der Waals surface area contributed by atoms with E-state index in [0.29, 0.717) is 37.9 Å². The van der Waals surface area contributed by atoms with Gasteiger partial charge >= 0.3 is 0 Å². The van der Waals surface area contributed by atoms with Gasteiger partial charge in [-0.1, -0.05) is 35.3 Å². The lowest BCUT2D eigenvalue weighted by atomic mass is 9.94. The molecule has 0 saturated heterocycles. The Balaban J connectivity index is 1.53. The molecule has 0 aliphatic rings. The number of rotatable bonds is 8. The summed E-state index contributed by atoms with van der Waals surface area (Å²) in [7, 11) is 1.39. The number of carbonyl (C=O) groups is 2. The number of nitrogens with zero attached hydrogens (tertiary/aromatic N) is 3. The molecule has 0 bridgehead atoms. The lowest BCUT2D eigenvalue weighted by Gasteiger charge is -2.22. The fourth-order valence-corrected chi connectivity index (χ4v) is 5.01. The van der Waals surface area contributed by atoms with Crippen molar-refractivity contribution >= 4 is 46.0 Å². The molecule has 0 spiro atoms. The van der Waals surface area contributed by atoms with Gasteiger partial charge in [-0.15, -0.1) is 0 Å². The smallest absolute Gasteiger partial charge is 0.254 e. The molecule has 2 aromatic heterocycles. The van der Waals surface area contributed by atoms with Gasteiger partial charge in [-0.3, -0.25) is 14.6 Å². The van der Waals surface area contributed by atoms with Gasteiger partial charge in [0, 0.05) is 24.9 Å². The molecule has 7 nitrogen and oxygen atoms in total. The van der Waals surface area contributed by atoms with Gasteiger partial charge < -0.3 is 15.2 Å². The normalized spacial score (nSPS) is 11.9. The zero-order valence-corrected chi connectivity index (χ0v) is 23.5. The average molecular weight is 612 g/mol. The summed E-state index contributed by atoms with van der Waals surface area (Å²) in [4.78, 5) is 34.4. The van der Waals surface area contributed by atoms with Crippen molar-refractivity contribution < 1.29 is 22.8 Å². The molecule has 2 N–H and O–H groups in total. The highest BCUT2D eigenvalue weighted by Gasteiger charge is 2.23. The highest BCUT2D eigenvalue weighted by atomic mass is 35.5. The first-order valence-electron chi connectivity index (χ1n) is 12.6. The summed E-state index contributed by atoms with van der Waals surface area (Å²) in [6.45, 7) is -0.165. The van der Waals surface area contributed by atoms with Gasteiger partial charge in [0.15, 0.2) is 0 Å². The van der Waals surface area contributed by atoms with E-state index in [0.717, 1.165) is 12.1 Å².